The molecule has 0 bridgehead atoms. The van der Waals surface area contributed by atoms with E-state index in [-0.39, 0.29) is 24.2 Å². The molecule has 0 aliphatic carbocycles. The van der Waals surface area contributed by atoms with Gasteiger partial charge in [-0.2, -0.15) is 0 Å². The van der Waals surface area contributed by atoms with Crippen LogP contribution in [0.1, 0.15) is 24.8 Å². The molecule has 0 saturated carbocycles. The van der Waals surface area contributed by atoms with Crippen molar-refractivity contribution in [2.24, 2.45) is 0 Å². The molecule has 2 aromatic carbocycles. The molecule has 3 aliphatic heterocycles. The van der Waals surface area contributed by atoms with E-state index < -0.39 is 5.60 Å². The third kappa shape index (κ3) is 6.10. The number of anilines is 1. The van der Waals surface area contributed by atoms with E-state index in [2.05, 4.69) is 11.4 Å². The summed E-state index contributed by atoms with van der Waals surface area (Å²) in [4.78, 5) is 32.4. The van der Waals surface area contributed by atoms with E-state index in [0.717, 1.165) is 25.0 Å². The van der Waals surface area contributed by atoms with Crippen LogP contribution in [0.3, 0.4) is 0 Å². The Morgan fingerprint density at radius 3 is 2.61 bits per heavy atom. The largest absolute Gasteiger partial charge is 0.491 e. The van der Waals surface area contributed by atoms with Gasteiger partial charge in [-0.05, 0) is 49.4 Å². The Bertz CT molecular complexity index is 1120. The second kappa shape index (κ2) is 12.1. The lowest BCUT2D eigenvalue weighted by molar-refractivity contribution is -0.164. The molecule has 0 aromatic heterocycles. The van der Waals surface area contributed by atoms with Gasteiger partial charge in [0.05, 0.1) is 25.4 Å². The maximum Gasteiger partial charge on any atom is 0.253 e. The molecule has 38 heavy (non-hydrogen) atoms. The van der Waals surface area contributed by atoms with Crippen LogP contribution in [-0.4, -0.2) is 92.8 Å². The molecule has 2 saturated heterocycles. The van der Waals surface area contributed by atoms with Crippen molar-refractivity contribution >= 4 is 17.5 Å². The van der Waals surface area contributed by atoms with E-state index >= 15 is 0 Å². The molecular formula is C29H37FN4O4. The van der Waals surface area contributed by atoms with Gasteiger partial charge in [0.2, 0.25) is 5.91 Å². The zero-order valence-corrected chi connectivity index (χ0v) is 21.9. The summed E-state index contributed by atoms with van der Waals surface area (Å²) in [5.74, 6) is 0.543. The third-order valence-electron chi connectivity index (χ3n) is 7.76. The summed E-state index contributed by atoms with van der Waals surface area (Å²) in [6.45, 7) is 4.69. The lowest BCUT2D eigenvalue weighted by Crippen LogP contribution is -2.61. The number of halogens is 1. The first-order chi connectivity index (χ1) is 18.5. The van der Waals surface area contributed by atoms with Gasteiger partial charge in [-0.3, -0.25) is 14.5 Å². The SMILES string of the molecule is O=C(CN1CCOC2(CCCCc3ccccc3OCCNC2=O)C1)N1CCN(c2ccccc2F)CC1. The summed E-state index contributed by atoms with van der Waals surface area (Å²) in [6, 6.07) is 14.8. The number of hydrogen-bond acceptors (Lipinski definition) is 6. The van der Waals surface area contributed by atoms with Gasteiger partial charge in [0.1, 0.15) is 18.2 Å². The summed E-state index contributed by atoms with van der Waals surface area (Å²) in [5.41, 5.74) is 0.790. The van der Waals surface area contributed by atoms with Crippen LogP contribution >= 0.6 is 0 Å². The van der Waals surface area contributed by atoms with Crippen molar-refractivity contribution in [1.82, 2.24) is 15.1 Å². The number of aryl methyl sites for hydroxylation is 1. The number of ether oxygens (including phenoxy) is 2. The molecule has 2 amide bonds. The Kier molecular flexibility index (Phi) is 8.44. The number of carbonyl (C=O) groups excluding carboxylic acids is 2. The number of rotatable bonds is 3. The average molecular weight is 525 g/mol. The summed E-state index contributed by atoms with van der Waals surface area (Å²) in [6.07, 6.45) is 3.24. The van der Waals surface area contributed by atoms with Crippen molar-refractivity contribution in [1.29, 1.82) is 0 Å². The first-order valence-corrected chi connectivity index (χ1v) is 13.7. The highest BCUT2D eigenvalue weighted by molar-refractivity contribution is 5.86. The van der Waals surface area contributed by atoms with Crippen LogP contribution in [0.2, 0.25) is 0 Å². The summed E-state index contributed by atoms with van der Waals surface area (Å²) in [7, 11) is 0. The number of morpholine rings is 1. The van der Waals surface area contributed by atoms with E-state index in [9.17, 15) is 14.0 Å². The summed E-state index contributed by atoms with van der Waals surface area (Å²) >= 11 is 0. The third-order valence-corrected chi connectivity index (χ3v) is 7.76. The van der Waals surface area contributed by atoms with Crippen molar-refractivity contribution in [3.05, 3.63) is 59.9 Å². The van der Waals surface area contributed by atoms with Gasteiger partial charge in [-0.25, -0.2) is 4.39 Å². The molecule has 3 aliphatic rings. The lowest BCUT2D eigenvalue weighted by Gasteiger charge is -2.42. The molecule has 2 fully saturated rings. The van der Waals surface area contributed by atoms with Crippen LogP contribution in [0.4, 0.5) is 10.1 Å². The van der Waals surface area contributed by atoms with Gasteiger partial charge in [0.15, 0.2) is 5.60 Å². The van der Waals surface area contributed by atoms with Crippen molar-refractivity contribution in [3.8, 4) is 5.75 Å². The Hall–Kier alpha value is -3.17. The minimum Gasteiger partial charge on any atom is -0.491 e. The fraction of sp³-hybridized carbons (Fsp3) is 0.517. The first kappa shape index (κ1) is 26.4. The molecule has 1 spiro atoms. The molecule has 1 atom stereocenters. The van der Waals surface area contributed by atoms with Gasteiger partial charge in [-0.1, -0.05) is 30.3 Å². The van der Waals surface area contributed by atoms with Crippen LogP contribution in [0.25, 0.3) is 0 Å². The minimum absolute atomic E-state index is 0.0359. The number of piperazine rings is 1. The van der Waals surface area contributed by atoms with E-state index in [4.69, 9.17) is 9.47 Å². The molecular weight excluding hydrogens is 487 g/mol. The van der Waals surface area contributed by atoms with Gasteiger partial charge >= 0.3 is 0 Å². The number of fused-ring (bicyclic) bond motifs is 1. The Morgan fingerprint density at radius 1 is 0.974 bits per heavy atom. The number of nitrogens with zero attached hydrogens (tertiary/aromatic N) is 3. The van der Waals surface area contributed by atoms with Crippen molar-refractivity contribution < 1.29 is 23.5 Å². The summed E-state index contributed by atoms with van der Waals surface area (Å²) in [5, 5.41) is 3.01. The molecule has 0 radical (unpaired) electrons. The number of benzene rings is 2. The molecule has 8 nitrogen and oxygen atoms in total. The Balaban J connectivity index is 1.17. The number of carbonyl (C=O) groups is 2. The molecule has 204 valence electrons. The number of amides is 2. The maximum absolute atomic E-state index is 14.2. The smallest absolute Gasteiger partial charge is 0.253 e. The van der Waals surface area contributed by atoms with Crippen molar-refractivity contribution in [3.63, 3.8) is 0 Å². The van der Waals surface area contributed by atoms with Gasteiger partial charge in [-0.15, -0.1) is 0 Å². The molecule has 9 heteroatoms. The predicted octanol–water partition coefficient (Wildman–Crippen LogP) is 2.47. The van der Waals surface area contributed by atoms with Crippen LogP contribution in [0.5, 0.6) is 5.75 Å². The van der Waals surface area contributed by atoms with Crippen molar-refractivity contribution in [2.45, 2.75) is 31.3 Å². The fourth-order valence-corrected chi connectivity index (χ4v) is 5.65. The second-order valence-corrected chi connectivity index (χ2v) is 10.3. The van der Waals surface area contributed by atoms with Gasteiger partial charge in [0.25, 0.3) is 5.91 Å². The van der Waals surface area contributed by atoms with E-state index in [1.165, 1.54) is 11.6 Å². The zero-order chi connectivity index (χ0) is 26.4. The first-order valence-electron chi connectivity index (χ1n) is 13.7. The standard InChI is InChI=1S/C29H37FN4O4/c30-24-9-2-3-10-25(24)33-14-16-34(17-15-33)27(35)21-32-18-20-38-29(22-32)12-6-5-8-23-7-1-4-11-26(23)37-19-13-31-28(29)36/h1-4,7,9-11H,5-6,8,12-22H2,(H,31,36). The lowest BCUT2D eigenvalue weighted by atomic mass is 9.91. The van der Waals surface area contributed by atoms with E-state index in [1.807, 2.05) is 39.0 Å². The topological polar surface area (TPSA) is 74.3 Å². The predicted molar refractivity (Wildman–Crippen MR) is 143 cm³/mol. The van der Waals surface area contributed by atoms with Crippen LogP contribution in [-0.2, 0) is 20.7 Å². The highest BCUT2D eigenvalue weighted by Gasteiger charge is 2.43. The Morgan fingerprint density at radius 2 is 1.76 bits per heavy atom. The molecule has 2 aromatic rings. The van der Waals surface area contributed by atoms with E-state index in [0.29, 0.717) is 71.1 Å². The highest BCUT2D eigenvalue weighted by Crippen LogP contribution is 2.28. The van der Waals surface area contributed by atoms with Gasteiger partial charge < -0.3 is 24.6 Å². The highest BCUT2D eigenvalue weighted by atomic mass is 19.1. The zero-order valence-electron chi connectivity index (χ0n) is 21.9. The second-order valence-electron chi connectivity index (χ2n) is 10.3. The van der Waals surface area contributed by atoms with Crippen LogP contribution in [0, 0.1) is 5.82 Å². The molecule has 1 unspecified atom stereocenters. The number of para-hydroxylation sites is 2. The summed E-state index contributed by atoms with van der Waals surface area (Å²) < 4.78 is 26.3. The van der Waals surface area contributed by atoms with Gasteiger partial charge in [0, 0.05) is 39.3 Å². The fourth-order valence-electron chi connectivity index (χ4n) is 5.65. The molecule has 3 heterocycles. The number of nitrogens with one attached hydrogen (secondary N) is 1. The normalized spacial score (nSPS) is 23.6. The number of hydrogen-bond donors (Lipinski definition) is 1. The van der Waals surface area contributed by atoms with E-state index in [1.54, 1.807) is 12.1 Å². The minimum atomic E-state index is -0.971. The van der Waals surface area contributed by atoms with Crippen LogP contribution < -0.4 is 15.0 Å². The maximum atomic E-state index is 14.2. The monoisotopic (exact) mass is 524 g/mol. The molecule has 5 rings (SSSR count). The molecule has 1 N–H and O–H groups in total. The van der Waals surface area contributed by atoms with Crippen LogP contribution in [0.15, 0.2) is 48.5 Å². The quantitative estimate of drug-likeness (QED) is 0.665. The average Bonchev–Trinajstić information content (AvgIpc) is 2.94. The Labute approximate surface area is 223 Å². The van der Waals surface area contributed by atoms with Crippen molar-refractivity contribution in [2.75, 3.05) is 70.5 Å².